The van der Waals surface area contributed by atoms with Gasteiger partial charge in [-0.3, -0.25) is 0 Å². The molecule has 0 saturated heterocycles. The Bertz CT molecular complexity index is 523. The highest BCUT2D eigenvalue weighted by Gasteiger charge is 2.06. The van der Waals surface area contributed by atoms with Gasteiger partial charge >= 0.3 is 0 Å². The van der Waals surface area contributed by atoms with Crippen molar-refractivity contribution < 1.29 is 9.47 Å². The number of hydrogen-bond donors (Lipinski definition) is 1. The summed E-state index contributed by atoms with van der Waals surface area (Å²) in [4.78, 5) is 0. The Balaban J connectivity index is 2.08. The van der Waals surface area contributed by atoms with E-state index in [1.807, 2.05) is 42.5 Å². The highest BCUT2D eigenvalue weighted by molar-refractivity contribution is 5.48. The maximum atomic E-state index is 5.24. The monoisotopic (exact) mass is 257 g/mol. The number of benzene rings is 2. The molecule has 0 aromatic heterocycles. The van der Waals surface area contributed by atoms with Gasteiger partial charge in [-0.1, -0.05) is 12.1 Å². The molecule has 3 nitrogen and oxygen atoms in total. The molecule has 100 valence electrons. The molecule has 0 fully saturated rings. The highest BCUT2D eigenvalue weighted by Crippen LogP contribution is 2.23. The van der Waals surface area contributed by atoms with Crippen LogP contribution >= 0.6 is 0 Å². The van der Waals surface area contributed by atoms with Gasteiger partial charge in [0.2, 0.25) is 0 Å². The van der Waals surface area contributed by atoms with E-state index in [9.17, 15) is 0 Å². The molecule has 19 heavy (non-hydrogen) atoms. The third-order valence-electron chi connectivity index (χ3n) is 3.07. The summed E-state index contributed by atoms with van der Waals surface area (Å²) in [6, 6.07) is 16.2. The van der Waals surface area contributed by atoms with E-state index in [0.29, 0.717) is 0 Å². The molecule has 0 saturated carbocycles. The van der Waals surface area contributed by atoms with Crippen LogP contribution in [0.3, 0.4) is 0 Å². The van der Waals surface area contributed by atoms with Crippen LogP contribution in [0, 0.1) is 0 Å². The van der Waals surface area contributed by atoms with Crippen LogP contribution in [0.5, 0.6) is 11.5 Å². The van der Waals surface area contributed by atoms with Gasteiger partial charge in [0, 0.05) is 11.7 Å². The normalized spacial score (nSPS) is 11.7. The molecule has 2 aromatic rings. The summed E-state index contributed by atoms with van der Waals surface area (Å²) >= 11 is 0. The molecule has 0 heterocycles. The smallest absolute Gasteiger partial charge is 0.119 e. The van der Waals surface area contributed by atoms with Crippen LogP contribution in [0.15, 0.2) is 48.5 Å². The van der Waals surface area contributed by atoms with Crippen LogP contribution in [0.4, 0.5) is 5.69 Å². The van der Waals surface area contributed by atoms with E-state index >= 15 is 0 Å². The number of ether oxygens (including phenoxy) is 2. The second-order valence-corrected chi connectivity index (χ2v) is 4.37. The van der Waals surface area contributed by atoms with E-state index in [1.165, 1.54) is 5.56 Å². The fraction of sp³-hybridized carbons (Fsp3) is 0.250. The first-order valence-corrected chi connectivity index (χ1v) is 6.27. The van der Waals surface area contributed by atoms with Crippen molar-refractivity contribution in [3.63, 3.8) is 0 Å². The maximum Gasteiger partial charge on any atom is 0.119 e. The van der Waals surface area contributed by atoms with E-state index in [0.717, 1.165) is 17.2 Å². The van der Waals surface area contributed by atoms with Crippen molar-refractivity contribution in [3.05, 3.63) is 54.1 Å². The quantitative estimate of drug-likeness (QED) is 0.881. The highest BCUT2D eigenvalue weighted by atomic mass is 16.5. The van der Waals surface area contributed by atoms with Gasteiger partial charge in [-0.2, -0.15) is 0 Å². The Morgan fingerprint density at radius 3 is 2.21 bits per heavy atom. The zero-order valence-electron chi connectivity index (χ0n) is 11.5. The van der Waals surface area contributed by atoms with Crippen molar-refractivity contribution in [2.24, 2.45) is 0 Å². The first-order valence-electron chi connectivity index (χ1n) is 6.27. The predicted molar refractivity (Wildman–Crippen MR) is 78.0 cm³/mol. The summed E-state index contributed by atoms with van der Waals surface area (Å²) < 4.78 is 10.4. The van der Waals surface area contributed by atoms with E-state index in [-0.39, 0.29) is 6.04 Å². The van der Waals surface area contributed by atoms with Gasteiger partial charge in [-0.25, -0.2) is 0 Å². The van der Waals surface area contributed by atoms with Crippen LogP contribution in [0.25, 0.3) is 0 Å². The van der Waals surface area contributed by atoms with Crippen LogP contribution in [0.2, 0.25) is 0 Å². The van der Waals surface area contributed by atoms with Gasteiger partial charge in [-0.15, -0.1) is 0 Å². The SMILES string of the molecule is COc1ccc(N[C@@H](C)c2cccc(OC)c2)cc1. The number of anilines is 1. The van der Waals surface area contributed by atoms with Gasteiger partial charge in [0.1, 0.15) is 11.5 Å². The standard InChI is InChI=1S/C16H19NO2/c1-12(13-5-4-6-16(11-13)19-3)17-14-7-9-15(18-2)10-8-14/h4-12,17H,1-3H3/t12-/m0/s1. The van der Waals surface area contributed by atoms with Crippen molar-refractivity contribution in [1.29, 1.82) is 0 Å². The lowest BCUT2D eigenvalue weighted by Crippen LogP contribution is -2.06. The third-order valence-corrected chi connectivity index (χ3v) is 3.07. The molecule has 1 atom stereocenters. The molecule has 0 aliphatic heterocycles. The fourth-order valence-corrected chi connectivity index (χ4v) is 1.93. The molecule has 0 unspecified atom stereocenters. The minimum absolute atomic E-state index is 0.212. The van der Waals surface area contributed by atoms with E-state index in [1.54, 1.807) is 14.2 Å². The Kier molecular flexibility index (Phi) is 4.29. The van der Waals surface area contributed by atoms with Crippen molar-refractivity contribution >= 4 is 5.69 Å². The zero-order valence-corrected chi connectivity index (χ0v) is 11.5. The number of nitrogens with one attached hydrogen (secondary N) is 1. The molecular formula is C16H19NO2. The van der Waals surface area contributed by atoms with Gasteiger partial charge < -0.3 is 14.8 Å². The largest absolute Gasteiger partial charge is 0.497 e. The summed E-state index contributed by atoms with van der Waals surface area (Å²) in [5.74, 6) is 1.74. The Morgan fingerprint density at radius 1 is 0.895 bits per heavy atom. The Morgan fingerprint density at radius 2 is 1.58 bits per heavy atom. The van der Waals surface area contributed by atoms with Crippen molar-refractivity contribution in [1.82, 2.24) is 0 Å². The average Bonchev–Trinajstić information content (AvgIpc) is 2.48. The molecule has 0 radical (unpaired) electrons. The Hall–Kier alpha value is -2.16. The molecule has 0 aliphatic carbocycles. The maximum absolute atomic E-state index is 5.24. The summed E-state index contributed by atoms with van der Waals surface area (Å²) in [5.41, 5.74) is 2.26. The van der Waals surface area contributed by atoms with Crippen molar-refractivity contribution in [2.45, 2.75) is 13.0 Å². The fourth-order valence-electron chi connectivity index (χ4n) is 1.93. The zero-order chi connectivity index (χ0) is 13.7. The van der Waals surface area contributed by atoms with E-state index in [4.69, 9.17) is 9.47 Å². The van der Waals surface area contributed by atoms with Gasteiger partial charge in [0.05, 0.1) is 14.2 Å². The Labute approximate surface area is 114 Å². The van der Waals surface area contributed by atoms with Gasteiger partial charge in [0.15, 0.2) is 0 Å². The lowest BCUT2D eigenvalue weighted by Gasteiger charge is -2.16. The molecule has 3 heteroatoms. The van der Waals surface area contributed by atoms with Gasteiger partial charge in [0.25, 0.3) is 0 Å². The number of rotatable bonds is 5. The third kappa shape index (κ3) is 3.41. The topological polar surface area (TPSA) is 30.5 Å². The minimum Gasteiger partial charge on any atom is -0.497 e. The molecule has 0 amide bonds. The summed E-state index contributed by atoms with van der Waals surface area (Å²) in [7, 11) is 3.35. The van der Waals surface area contributed by atoms with Crippen LogP contribution < -0.4 is 14.8 Å². The van der Waals surface area contributed by atoms with Crippen molar-refractivity contribution in [3.8, 4) is 11.5 Å². The summed E-state index contributed by atoms with van der Waals surface area (Å²) in [6.45, 7) is 2.12. The molecule has 2 aromatic carbocycles. The average molecular weight is 257 g/mol. The van der Waals surface area contributed by atoms with E-state index in [2.05, 4.69) is 18.3 Å². The van der Waals surface area contributed by atoms with Gasteiger partial charge in [-0.05, 0) is 48.9 Å². The van der Waals surface area contributed by atoms with Crippen LogP contribution in [0.1, 0.15) is 18.5 Å². The molecule has 0 aliphatic rings. The number of methoxy groups -OCH3 is 2. The molecule has 2 rings (SSSR count). The predicted octanol–water partition coefficient (Wildman–Crippen LogP) is 3.88. The number of hydrogen-bond acceptors (Lipinski definition) is 3. The molecule has 1 N–H and O–H groups in total. The molecular weight excluding hydrogens is 238 g/mol. The second kappa shape index (κ2) is 6.14. The summed E-state index contributed by atoms with van der Waals surface area (Å²) in [5, 5.41) is 3.45. The lowest BCUT2D eigenvalue weighted by atomic mass is 10.1. The second-order valence-electron chi connectivity index (χ2n) is 4.37. The molecule has 0 spiro atoms. The van der Waals surface area contributed by atoms with E-state index < -0.39 is 0 Å². The summed E-state index contributed by atoms with van der Waals surface area (Å²) in [6.07, 6.45) is 0. The first kappa shape index (κ1) is 13.3. The van der Waals surface area contributed by atoms with Crippen LogP contribution in [-0.2, 0) is 0 Å². The van der Waals surface area contributed by atoms with Crippen molar-refractivity contribution in [2.75, 3.05) is 19.5 Å². The lowest BCUT2D eigenvalue weighted by molar-refractivity contribution is 0.414. The molecule has 0 bridgehead atoms. The van der Waals surface area contributed by atoms with Crippen LogP contribution in [-0.4, -0.2) is 14.2 Å². The minimum atomic E-state index is 0.212. The first-order chi connectivity index (χ1) is 9.22.